The Kier molecular flexibility index (Phi) is 2.11. The SMILES string of the molecule is CC1(C)CCC(C)(C)c2cc(O)ccc21.[HH]. The summed E-state index contributed by atoms with van der Waals surface area (Å²) in [5, 5.41) is 9.59. The smallest absolute Gasteiger partial charge is 0.115 e. The second-order valence-electron chi connectivity index (χ2n) is 6.00. The van der Waals surface area contributed by atoms with Crippen LogP contribution in [-0.4, -0.2) is 5.11 Å². The van der Waals surface area contributed by atoms with E-state index in [0.29, 0.717) is 5.75 Å². The van der Waals surface area contributed by atoms with Crippen molar-refractivity contribution in [2.24, 2.45) is 0 Å². The highest BCUT2D eigenvalue weighted by molar-refractivity contribution is 5.45. The van der Waals surface area contributed by atoms with Gasteiger partial charge in [0.2, 0.25) is 0 Å². The third kappa shape index (κ3) is 1.64. The van der Waals surface area contributed by atoms with Crippen molar-refractivity contribution in [1.29, 1.82) is 0 Å². The van der Waals surface area contributed by atoms with E-state index < -0.39 is 0 Å². The van der Waals surface area contributed by atoms with Crippen LogP contribution in [0.1, 0.15) is 53.1 Å². The summed E-state index contributed by atoms with van der Waals surface area (Å²) in [5.41, 5.74) is 3.16. The van der Waals surface area contributed by atoms with Gasteiger partial charge in [0.25, 0.3) is 0 Å². The van der Waals surface area contributed by atoms with Crippen molar-refractivity contribution in [2.45, 2.75) is 51.4 Å². The zero-order valence-corrected chi connectivity index (χ0v) is 10.1. The molecule has 1 heteroatoms. The largest absolute Gasteiger partial charge is 0.508 e. The molecule has 0 unspecified atom stereocenters. The van der Waals surface area contributed by atoms with Gasteiger partial charge < -0.3 is 5.11 Å². The van der Waals surface area contributed by atoms with Crippen LogP contribution in [0.15, 0.2) is 18.2 Å². The predicted molar refractivity (Wildman–Crippen MR) is 65.5 cm³/mol. The minimum atomic E-state index is 0. The minimum Gasteiger partial charge on any atom is -0.508 e. The normalized spacial score (nSPS) is 22.1. The van der Waals surface area contributed by atoms with Crippen LogP contribution in [0.3, 0.4) is 0 Å². The van der Waals surface area contributed by atoms with Gasteiger partial charge in [-0.2, -0.15) is 0 Å². The highest BCUT2D eigenvalue weighted by Crippen LogP contribution is 2.46. The molecule has 1 N–H and O–H groups in total. The standard InChI is InChI=1S/C14H20O.H2/c1-13(2)7-8-14(3,4)12-9-10(15)5-6-11(12)13;/h5-6,9,15H,7-8H2,1-4H3;1H. The molecule has 0 radical (unpaired) electrons. The fourth-order valence-electron chi connectivity index (χ4n) is 2.58. The molecule has 2 rings (SSSR count). The summed E-state index contributed by atoms with van der Waals surface area (Å²) >= 11 is 0. The van der Waals surface area contributed by atoms with Gasteiger partial charge in [0.15, 0.2) is 0 Å². The van der Waals surface area contributed by atoms with E-state index in [9.17, 15) is 5.11 Å². The number of hydrogen-bond donors (Lipinski definition) is 1. The lowest BCUT2D eigenvalue weighted by Gasteiger charge is -2.41. The van der Waals surface area contributed by atoms with Crippen molar-refractivity contribution in [3.63, 3.8) is 0 Å². The van der Waals surface area contributed by atoms with E-state index in [1.807, 2.05) is 12.1 Å². The third-order valence-corrected chi connectivity index (χ3v) is 3.84. The van der Waals surface area contributed by atoms with Crippen LogP contribution in [0, 0.1) is 0 Å². The Hall–Kier alpha value is -0.980. The minimum absolute atomic E-state index is 0. The number of rotatable bonds is 0. The molecule has 0 spiro atoms. The van der Waals surface area contributed by atoms with E-state index in [2.05, 4.69) is 33.8 Å². The Labute approximate surface area is 93.6 Å². The molecular formula is C14H22O. The highest BCUT2D eigenvalue weighted by atomic mass is 16.3. The van der Waals surface area contributed by atoms with Crippen LogP contribution in [-0.2, 0) is 10.8 Å². The van der Waals surface area contributed by atoms with Crippen LogP contribution < -0.4 is 0 Å². The maximum absolute atomic E-state index is 9.59. The lowest BCUT2D eigenvalue weighted by Crippen LogP contribution is -2.33. The molecule has 1 aromatic rings. The Morgan fingerprint density at radius 1 is 1.00 bits per heavy atom. The van der Waals surface area contributed by atoms with Gasteiger partial charge in [-0.3, -0.25) is 0 Å². The summed E-state index contributed by atoms with van der Waals surface area (Å²) in [6.45, 7) is 9.11. The lowest BCUT2D eigenvalue weighted by molar-refractivity contribution is 0.329. The lowest BCUT2D eigenvalue weighted by atomic mass is 9.63. The van der Waals surface area contributed by atoms with E-state index in [1.165, 1.54) is 24.0 Å². The summed E-state index contributed by atoms with van der Waals surface area (Å²) in [6.07, 6.45) is 2.41. The monoisotopic (exact) mass is 206 g/mol. The molecule has 0 aliphatic heterocycles. The molecule has 84 valence electrons. The molecule has 0 amide bonds. The molecule has 0 saturated carbocycles. The summed E-state index contributed by atoms with van der Waals surface area (Å²) in [7, 11) is 0. The van der Waals surface area contributed by atoms with Gasteiger partial charge in [-0.1, -0.05) is 33.8 Å². The maximum atomic E-state index is 9.59. The average molecular weight is 206 g/mol. The van der Waals surface area contributed by atoms with E-state index >= 15 is 0 Å². The van der Waals surface area contributed by atoms with Crippen molar-refractivity contribution in [1.82, 2.24) is 0 Å². The molecule has 1 aliphatic rings. The molecule has 1 aliphatic carbocycles. The number of phenolic OH excluding ortho intramolecular Hbond substituents is 1. The van der Waals surface area contributed by atoms with Crippen LogP contribution in [0.25, 0.3) is 0 Å². The number of aromatic hydroxyl groups is 1. The first kappa shape index (κ1) is 10.5. The average Bonchev–Trinajstić information content (AvgIpc) is 2.13. The Morgan fingerprint density at radius 3 is 2.13 bits per heavy atom. The van der Waals surface area contributed by atoms with Gasteiger partial charge in [-0.25, -0.2) is 0 Å². The zero-order chi connectivity index (χ0) is 11.3. The molecule has 0 fully saturated rings. The quantitative estimate of drug-likeness (QED) is 0.680. The topological polar surface area (TPSA) is 20.2 Å². The van der Waals surface area contributed by atoms with Gasteiger partial charge in [-0.15, -0.1) is 0 Å². The summed E-state index contributed by atoms with van der Waals surface area (Å²) < 4.78 is 0. The summed E-state index contributed by atoms with van der Waals surface area (Å²) in [5.74, 6) is 0.388. The van der Waals surface area contributed by atoms with Gasteiger partial charge in [-0.05, 0) is 46.9 Å². The predicted octanol–water partition coefficient (Wildman–Crippen LogP) is 3.99. The molecule has 1 nitrogen and oxygen atoms in total. The number of hydrogen-bond acceptors (Lipinski definition) is 1. The molecule has 0 aromatic heterocycles. The van der Waals surface area contributed by atoms with E-state index in [0.717, 1.165) is 0 Å². The molecule has 1 aromatic carbocycles. The van der Waals surface area contributed by atoms with Gasteiger partial charge >= 0.3 is 0 Å². The fourth-order valence-corrected chi connectivity index (χ4v) is 2.58. The highest BCUT2D eigenvalue weighted by Gasteiger charge is 2.36. The van der Waals surface area contributed by atoms with E-state index in [1.54, 1.807) is 0 Å². The Morgan fingerprint density at radius 2 is 1.53 bits per heavy atom. The van der Waals surface area contributed by atoms with Crippen molar-refractivity contribution in [2.75, 3.05) is 0 Å². The molecule has 0 bridgehead atoms. The number of fused-ring (bicyclic) bond motifs is 1. The van der Waals surface area contributed by atoms with Gasteiger partial charge in [0.1, 0.15) is 5.75 Å². The first-order valence-electron chi connectivity index (χ1n) is 5.67. The van der Waals surface area contributed by atoms with Crippen LogP contribution in [0.5, 0.6) is 5.75 Å². The second-order valence-corrected chi connectivity index (χ2v) is 6.00. The van der Waals surface area contributed by atoms with Crippen molar-refractivity contribution in [3.05, 3.63) is 29.3 Å². The Balaban J connectivity index is 0.00000128. The maximum Gasteiger partial charge on any atom is 0.115 e. The van der Waals surface area contributed by atoms with E-state index in [-0.39, 0.29) is 12.3 Å². The van der Waals surface area contributed by atoms with Gasteiger partial charge in [0.05, 0.1) is 0 Å². The first-order chi connectivity index (χ1) is 6.83. The van der Waals surface area contributed by atoms with E-state index in [4.69, 9.17) is 0 Å². The first-order valence-corrected chi connectivity index (χ1v) is 5.67. The van der Waals surface area contributed by atoms with Crippen LogP contribution in [0.2, 0.25) is 0 Å². The molecule has 15 heavy (non-hydrogen) atoms. The zero-order valence-electron chi connectivity index (χ0n) is 10.1. The van der Waals surface area contributed by atoms with Crippen molar-refractivity contribution < 1.29 is 6.53 Å². The fraction of sp³-hybridized carbons (Fsp3) is 0.571. The van der Waals surface area contributed by atoms with Gasteiger partial charge in [0, 0.05) is 1.43 Å². The molecule has 0 heterocycles. The summed E-state index contributed by atoms with van der Waals surface area (Å²) in [6, 6.07) is 5.84. The number of benzene rings is 1. The van der Waals surface area contributed by atoms with Crippen molar-refractivity contribution >= 4 is 0 Å². The number of phenols is 1. The molecule has 0 atom stereocenters. The van der Waals surface area contributed by atoms with Crippen LogP contribution in [0.4, 0.5) is 0 Å². The molecule has 0 saturated heterocycles. The van der Waals surface area contributed by atoms with Crippen LogP contribution >= 0.6 is 0 Å². The Bertz CT molecular complexity index is 394. The summed E-state index contributed by atoms with van der Waals surface area (Å²) in [4.78, 5) is 0. The molecular weight excluding hydrogens is 184 g/mol. The van der Waals surface area contributed by atoms with Crippen molar-refractivity contribution in [3.8, 4) is 5.75 Å². The second kappa shape index (κ2) is 3.01. The third-order valence-electron chi connectivity index (χ3n) is 3.84.